The molecule has 752 valence electrons. The largest absolute Gasteiger partial charge is 0.508 e. The van der Waals surface area contributed by atoms with Gasteiger partial charge in [0.1, 0.15) is 90.3 Å². The number of hydrogen-bond acceptors (Lipinski definition) is 22. The first-order valence-electron chi connectivity index (χ1n) is 45.8. The van der Waals surface area contributed by atoms with Crippen molar-refractivity contribution in [2.45, 2.75) is 218 Å². The van der Waals surface area contributed by atoms with Crippen molar-refractivity contribution in [2.24, 2.45) is 35.1 Å². The number of aromatic amines is 1. The number of aliphatic carboxylic acids is 2. The number of phenols is 1. The number of amides is 16. The van der Waals surface area contributed by atoms with Gasteiger partial charge in [-0.2, -0.15) is 0 Å². The minimum Gasteiger partial charge on any atom is -0.508 e. The van der Waals surface area contributed by atoms with E-state index < -0.39 is 266 Å². The minimum absolute atomic E-state index is 0.0187. The van der Waals surface area contributed by atoms with Crippen LogP contribution < -0.4 is 85.9 Å². The van der Waals surface area contributed by atoms with Gasteiger partial charge in [0, 0.05) is 75.6 Å². The number of rotatable bonds is 28. The number of guanidine groups is 1. The number of nitrogens with two attached hydrogens (primary N) is 2. The van der Waals surface area contributed by atoms with Gasteiger partial charge in [0.15, 0.2) is 5.96 Å². The summed E-state index contributed by atoms with van der Waals surface area (Å²) in [5.74, 6) is -23.8. The van der Waals surface area contributed by atoms with Gasteiger partial charge in [-0.1, -0.05) is 171 Å². The van der Waals surface area contributed by atoms with Crippen LogP contribution in [0.25, 0.3) is 22.0 Å². The molecule has 16 amide bonds. The number of thioether (sulfide) groups is 1. The Morgan fingerprint density at radius 3 is 1.47 bits per heavy atom. The molecule has 1 aliphatic rings. The summed E-state index contributed by atoms with van der Waals surface area (Å²) in [5, 5.41) is 86.1. The fourth-order valence-corrected chi connectivity index (χ4v) is 16.2. The number of likely N-dealkylation sites (N-methyl/N-ethyl adjacent to an activating group) is 2. The molecule has 2 heterocycles. The zero-order chi connectivity index (χ0) is 103. The zero-order valence-electron chi connectivity index (χ0n) is 79.6. The SMILES string of the molecule is CC(C)C[C@@H]1NC(=O)CSC[C@@H](C(=O)NCC(N)=O)NC(=O)[C@H](CO)NC(=O)[C@H](C(C)C)NC(=O)[C@H](CC(C)C)NC(=O)[C@H](CCCNC(=N)N)NC(=O)[C@H](Cc2ccccc2)N(C)C(=O)[C@H](C)N(C)C(=O)[C@H](CCC(=O)O)NC(=O)[C@H](Cc2ccc(-c3ccccc3)cc2)NC(=O)[C@H](C(C)C)NC(=O)[C@H](Cc2c[nH]c3ccccc23)NC(=O)[C@H](CC(=O)O)NC(=O)[C@H](Cc2ccc(O)cc2)NC1=O. The van der Waals surface area contributed by atoms with Gasteiger partial charge in [0.05, 0.1) is 25.3 Å². The molecule has 0 radical (unpaired) electrons. The number of aliphatic hydroxyl groups is 1. The minimum atomic E-state index is -2.08. The van der Waals surface area contributed by atoms with Crippen molar-refractivity contribution in [2.75, 3.05) is 45.3 Å². The summed E-state index contributed by atoms with van der Waals surface area (Å²) in [7, 11) is 2.45. The molecule has 1 saturated heterocycles. The second-order valence-electron chi connectivity index (χ2n) is 35.8. The lowest BCUT2D eigenvalue weighted by Crippen LogP contribution is -2.62. The van der Waals surface area contributed by atoms with E-state index in [4.69, 9.17) is 16.9 Å². The summed E-state index contributed by atoms with van der Waals surface area (Å²) in [4.78, 5) is 266. The summed E-state index contributed by atoms with van der Waals surface area (Å²) in [6, 6.07) is 13.1. The maximum atomic E-state index is 15.4. The summed E-state index contributed by atoms with van der Waals surface area (Å²) in [6.45, 7) is 12.3. The number of primary amides is 1. The maximum Gasteiger partial charge on any atom is 0.305 e. The lowest BCUT2D eigenvalue weighted by atomic mass is 9.98. The molecule has 1 aliphatic heterocycles. The van der Waals surface area contributed by atoms with E-state index in [1.807, 2.05) is 30.3 Å². The van der Waals surface area contributed by atoms with Gasteiger partial charge in [-0.25, -0.2) is 0 Å². The number of carbonyl (C=O) groups is 18. The standard InChI is InChI=1S/C96H130N20O22S/c1-51(2)39-67-84(127)107-69(42-58-30-34-62(118)35-31-58)86(129)109-72(45-79(123)124)87(130)108-71(44-61-46-101-64-26-19-18-25-63(61)64)89(132)114-80(53(5)6)92(135)110-70(41-57-28-32-60(33-29-57)59-23-16-13-17-24-59)85(128)105-66(36-37-78(121)122)95(138)115(10)55(9)94(137)116(11)75(43-56-21-14-12-15-22-56)91(134)104-65(27-20-38-100-96(98)99)83(126)106-68(40-52(3)4)88(131)113-81(54(7)8)93(136)111-73(48-117)90(133)112-74(49-139-50-77(120)103-67)82(125)102-47-76(97)119/h12-19,21-26,28-35,46,51-55,65-75,80-81,101,117-118H,20,27,36-45,47-50H2,1-11H3,(H2,97,119)(H,102,125)(H,103,120)(H,104,134)(H,105,128)(H,106,126)(H,107,127)(H,108,130)(H,109,129)(H,110,135)(H,111,136)(H,112,133)(H,113,131)(H,114,132)(H,121,122)(H,123,124)(H4,98,99,100)/t55-,65-,66-,67-,68-,69-,70-,71-,72-,73-,74-,75-,80-,81-/m0/s1. The molecule has 0 saturated carbocycles. The van der Waals surface area contributed by atoms with Crippen molar-refractivity contribution in [3.63, 3.8) is 0 Å². The predicted octanol–water partition coefficient (Wildman–Crippen LogP) is -0.350. The number of aromatic hydroxyl groups is 1. The van der Waals surface area contributed by atoms with E-state index in [0.717, 1.165) is 20.9 Å². The van der Waals surface area contributed by atoms with Crippen LogP contribution in [-0.2, 0) is 112 Å². The molecule has 1 fully saturated rings. The normalized spacial score (nSPS) is 22.8. The quantitative estimate of drug-likeness (QED) is 0.0170. The van der Waals surface area contributed by atoms with Crippen LogP contribution in [0.5, 0.6) is 5.75 Å². The van der Waals surface area contributed by atoms with E-state index in [1.165, 1.54) is 73.0 Å². The molecule has 14 atom stereocenters. The number of benzene rings is 5. The summed E-state index contributed by atoms with van der Waals surface area (Å²) >= 11 is 0.712. The highest BCUT2D eigenvalue weighted by Crippen LogP contribution is 2.25. The van der Waals surface area contributed by atoms with E-state index in [0.29, 0.717) is 44.9 Å². The molecule has 7 rings (SSSR count). The van der Waals surface area contributed by atoms with Gasteiger partial charge in [-0.15, -0.1) is 11.8 Å². The van der Waals surface area contributed by atoms with Crippen LogP contribution >= 0.6 is 11.8 Å². The predicted molar refractivity (Wildman–Crippen MR) is 515 cm³/mol. The van der Waals surface area contributed by atoms with Gasteiger partial charge >= 0.3 is 11.9 Å². The average Bonchev–Trinajstić information content (AvgIpc) is 1.80. The monoisotopic (exact) mass is 1950 g/mol. The lowest BCUT2D eigenvalue weighted by molar-refractivity contribution is -0.148. The van der Waals surface area contributed by atoms with Crippen molar-refractivity contribution >= 4 is 135 Å². The first-order valence-corrected chi connectivity index (χ1v) is 46.9. The third-order valence-electron chi connectivity index (χ3n) is 23.0. The Hall–Kier alpha value is -14.5. The van der Waals surface area contributed by atoms with Gasteiger partial charge in [-0.3, -0.25) is 91.7 Å². The number of phenolic OH excluding ortho intramolecular Hbond substituents is 1. The third kappa shape index (κ3) is 35.5. The van der Waals surface area contributed by atoms with Gasteiger partial charge in [0.2, 0.25) is 94.5 Å². The zero-order valence-corrected chi connectivity index (χ0v) is 80.4. The van der Waals surface area contributed by atoms with E-state index >= 15 is 43.2 Å². The molecule has 5 aromatic carbocycles. The highest BCUT2D eigenvalue weighted by atomic mass is 32.2. The average molecular weight is 1950 g/mol. The molecule has 0 aliphatic carbocycles. The van der Waals surface area contributed by atoms with Crippen molar-refractivity contribution in [1.29, 1.82) is 5.41 Å². The molecule has 24 N–H and O–H groups in total. The Labute approximate surface area is 809 Å². The second-order valence-corrected chi connectivity index (χ2v) is 36.8. The smallest absolute Gasteiger partial charge is 0.305 e. The number of H-pyrrole nitrogens is 1. The highest BCUT2D eigenvalue weighted by Gasteiger charge is 2.42. The van der Waals surface area contributed by atoms with E-state index in [-0.39, 0.29) is 62.7 Å². The van der Waals surface area contributed by atoms with Gasteiger partial charge in [0.25, 0.3) is 0 Å². The number of aliphatic hydroxyl groups excluding tert-OH is 1. The molecular weight excluding hydrogens is 1820 g/mol. The summed E-state index contributed by atoms with van der Waals surface area (Å²) in [5.41, 5.74) is 14.7. The number of carboxylic acids is 2. The molecule has 43 heteroatoms. The van der Waals surface area contributed by atoms with Crippen LogP contribution in [-0.4, -0.2) is 278 Å². The first kappa shape index (κ1) is 111. The number of carboxylic acid groups (broad SMARTS) is 2. The van der Waals surface area contributed by atoms with Crippen molar-refractivity contribution < 1.29 is 107 Å². The number of nitrogens with zero attached hydrogens (tertiary/aromatic N) is 2. The first-order chi connectivity index (χ1) is 65.8. The van der Waals surface area contributed by atoms with E-state index in [2.05, 4.69) is 79.4 Å². The number of para-hydroxylation sites is 1. The van der Waals surface area contributed by atoms with Crippen LogP contribution in [0, 0.1) is 29.1 Å². The number of aromatic nitrogens is 1. The summed E-state index contributed by atoms with van der Waals surface area (Å²) < 4.78 is 0. The fourth-order valence-electron chi connectivity index (χ4n) is 15.3. The number of nitrogens with one attached hydrogen (secondary N) is 16. The highest BCUT2D eigenvalue weighted by molar-refractivity contribution is 8.00. The van der Waals surface area contributed by atoms with Crippen molar-refractivity contribution in [1.82, 2.24) is 89.2 Å². The number of hydrogen-bond donors (Lipinski definition) is 22. The fraction of sp³-hybridized carbons (Fsp3) is 0.469. The Morgan fingerprint density at radius 2 is 0.921 bits per heavy atom. The maximum absolute atomic E-state index is 15.4. The van der Waals surface area contributed by atoms with Crippen LogP contribution in [0.2, 0.25) is 0 Å². The third-order valence-corrected chi connectivity index (χ3v) is 24.1. The Balaban J connectivity index is 1.35. The van der Waals surface area contributed by atoms with Crippen LogP contribution in [0.3, 0.4) is 0 Å². The molecule has 0 bridgehead atoms. The van der Waals surface area contributed by atoms with Crippen molar-refractivity contribution in [3.8, 4) is 16.9 Å². The number of fused-ring (bicyclic) bond motifs is 1. The second kappa shape index (κ2) is 54.4. The molecular formula is C96H130N20O22S. The molecule has 0 spiro atoms. The molecule has 139 heavy (non-hydrogen) atoms. The van der Waals surface area contributed by atoms with E-state index in [1.54, 1.807) is 113 Å². The Bertz CT molecular complexity index is 5300. The van der Waals surface area contributed by atoms with E-state index in [9.17, 15) is 63.6 Å². The Kier molecular flexibility index (Phi) is 43.7. The van der Waals surface area contributed by atoms with Crippen LogP contribution in [0.4, 0.5) is 0 Å². The molecule has 1 aromatic heterocycles. The van der Waals surface area contributed by atoms with Gasteiger partial charge < -0.3 is 121 Å². The topological polar surface area (TPSA) is 655 Å². The van der Waals surface area contributed by atoms with Crippen LogP contribution in [0.1, 0.15) is 130 Å². The van der Waals surface area contributed by atoms with Crippen molar-refractivity contribution in [3.05, 3.63) is 162 Å². The lowest BCUT2D eigenvalue weighted by Gasteiger charge is -2.35. The van der Waals surface area contributed by atoms with Crippen LogP contribution in [0.15, 0.2) is 140 Å². The molecule has 0 unspecified atom stereocenters. The molecule has 42 nitrogen and oxygen atoms in total. The number of carbonyl (C=O) groups excluding carboxylic acids is 16. The van der Waals surface area contributed by atoms with Gasteiger partial charge in [-0.05, 0) is 114 Å². The summed E-state index contributed by atoms with van der Waals surface area (Å²) in [6.07, 6.45) is -2.80. The molecule has 6 aromatic rings. The Morgan fingerprint density at radius 1 is 0.468 bits per heavy atom.